The molecule has 8 heteroatoms. The van der Waals surface area contributed by atoms with E-state index in [1.54, 1.807) is 13.8 Å². The molecule has 6 nitrogen and oxygen atoms in total. The molecule has 1 heterocycles. The summed E-state index contributed by atoms with van der Waals surface area (Å²) >= 11 is 5.74. The third-order valence-corrected chi connectivity index (χ3v) is 4.11. The van der Waals surface area contributed by atoms with Crippen LogP contribution in [0.25, 0.3) is 0 Å². The van der Waals surface area contributed by atoms with E-state index < -0.39 is 15.6 Å². The van der Waals surface area contributed by atoms with Crippen LogP contribution in [-0.2, 0) is 17.1 Å². The molecule has 0 bridgehead atoms. The summed E-state index contributed by atoms with van der Waals surface area (Å²) < 4.78 is 27.4. The Kier molecular flexibility index (Phi) is 3.63. The fourth-order valence-corrected chi connectivity index (χ4v) is 3.21. The van der Waals surface area contributed by atoms with E-state index in [1.807, 2.05) is 0 Å². The van der Waals surface area contributed by atoms with Crippen LogP contribution in [-0.4, -0.2) is 35.5 Å². The Bertz CT molecular complexity index is 461. The monoisotopic (exact) mass is 267 g/mol. The van der Waals surface area contributed by atoms with Crippen LogP contribution in [0.2, 0.25) is 5.02 Å². The SMILES string of the molecule is Cn1ncc(Cl)c1S(=O)(=O)NC(C)(C)CO. The van der Waals surface area contributed by atoms with E-state index >= 15 is 0 Å². The second kappa shape index (κ2) is 4.33. The molecule has 0 unspecified atom stereocenters. The highest BCUT2D eigenvalue weighted by atomic mass is 35.5. The van der Waals surface area contributed by atoms with E-state index in [0.717, 1.165) is 4.68 Å². The van der Waals surface area contributed by atoms with Gasteiger partial charge in [0, 0.05) is 7.05 Å². The van der Waals surface area contributed by atoms with Crippen molar-refractivity contribution in [3.63, 3.8) is 0 Å². The molecule has 0 atom stereocenters. The molecule has 1 aromatic heterocycles. The van der Waals surface area contributed by atoms with Crippen LogP contribution < -0.4 is 4.72 Å². The van der Waals surface area contributed by atoms with Crippen molar-refractivity contribution in [2.24, 2.45) is 7.05 Å². The third-order valence-electron chi connectivity index (χ3n) is 1.90. The molecule has 92 valence electrons. The van der Waals surface area contributed by atoms with Crippen molar-refractivity contribution in [1.82, 2.24) is 14.5 Å². The molecule has 0 fully saturated rings. The summed E-state index contributed by atoms with van der Waals surface area (Å²) in [5.41, 5.74) is -0.952. The molecule has 16 heavy (non-hydrogen) atoms. The second-order valence-corrected chi connectivity index (χ2v) is 6.07. The minimum Gasteiger partial charge on any atom is -0.394 e. The maximum absolute atomic E-state index is 11.9. The van der Waals surface area contributed by atoms with Gasteiger partial charge in [-0.25, -0.2) is 13.1 Å². The fraction of sp³-hybridized carbons (Fsp3) is 0.625. The smallest absolute Gasteiger partial charge is 0.259 e. The number of hydrogen-bond donors (Lipinski definition) is 2. The first-order valence-electron chi connectivity index (χ1n) is 4.52. The Morgan fingerprint density at radius 2 is 2.19 bits per heavy atom. The van der Waals surface area contributed by atoms with Crippen molar-refractivity contribution < 1.29 is 13.5 Å². The van der Waals surface area contributed by atoms with E-state index in [9.17, 15) is 8.42 Å². The molecule has 0 aromatic carbocycles. The molecule has 1 rings (SSSR count). The molecule has 0 amide bonds. The molecule has 0 spiro atoms. The standard InChI is InChI=1S/C8H14ClN3O3S/c1-8(2,5-13)11-16(14,15)7-6(9)4-10-12(7)3/h4,11,13H,5H2,1-3H3. The summed E-state index contributed by atoms with van der Waals surface area (Å²) in [6, 6.07) is 0. The van der Waals surface area contributed by atoms with Crippen LogP contribution in [0.15, 0.2) is 11.2 Å². The molecular formula is C8H14ClN3O3S. The van der Waals surface area contributed by atoms with Gasteiger partial charge in [-0.2, -0.15) is 5.10 Å². The van der Waals surface area contributed by atoms with E-state index in [0.29, 0.717) is 0 Å². The van der Waals surface area contributed by atoms with Gasteiger partial charge in [0.25, 0.3) is 10.0 Å². The lowest BCUT2D eigenvalue weighted by atomic mass is 10.1. The van der Waals surface area contributed by atoms with Gasteiger partial charge in [0.1, 0.15) is 0 Å². The summed E-state index contributed by atoms with van der Waals surface area (Å²) in [7, 11) is -2.31. The van der Waals surface area contributed by atoms with Gasteiger partial charge in [0.15, 0.2) is 5.03 Å². The van der Waals surface area contributed by atoms with Gasteiger partial charge in [0.05, 0.1) is 23.4 Å². The Morgan fingerprint density at radius 3 is 2.56 bits per heavy atom. The summed E-state index contributed by atoms with van der Waals surface area (Å²) in [4.78, 5) is 0. The Balaban J connectivity index is 3.14. The molecule has 0 aliphatic heterocycles. The topological polar surface area (TPSA) is 84.2 Å². The molecule has 0 saturated carbocycles. The van der Waals surface area contributed by atoms with Crippen molar-refractivity contribution in [3.05, 3.63) is 11.2 Å². The van der Waals surface area contributed by atoms with Crippen molar-refractivity contribution >= 4 is 21.6 Å². The minimum atomic E-state index is -3.79. The third kappa shape index (κ3) is 2.73. The van der Waals surface area contributed by atoms with Gasteiger partial charge in [-0.15, -0.1) is 0 Å². The first kappa shape index (κ1) is 13.4. The van der Waals surface area contributed by atoms with E-state index in [2.05, 4.69) is 9.82 Å². The predicted octanol–water partition coefficient (Wildman–Crippen LogP) is 0.123. The highest BCUT2D eigenvalue weighted by Crippen LogP contribution is 2.21. The van der Waals surface area contributed by atoms with Gasteiger partial charge in [0.2, 0.25) is 0 Å². The first-order chi connectivity index (χ1) is 7.19. The van der Waals surface area contributed by atoms with Crippen LogP contribution in [0.4, 0.5) is 0 Å². The summed E-state index contributed by atoms with van der Waals surface area (Å²) in [6.45, 7) is 2.81. The molecular weight excluding hydrogens is 254 g/mol. The molecule has 0 aliphatic rings. The van der Waals surface area contributed by atoms with Crippen LogP contribution in [0, 0.1) is 0 Å². The molecule has 0 aliphatic carbocycles. The summed E-state index contributed by atoms with van der Waals surface area (Å²) in [5.74, 6) is 0. The number of aromatic nitrogens is 2. The highest BCUT2D eigenvalue weighted by Gasteiger charge is 2.29. The lowest BCUT2D eigenvalue weighted by Crippen LogP contribution is -2.46. The van der Waals surface area contributed by atoms with Gasteiger partial charge >= 0.3 is 0 Å². The molecule has 1 aromatic rings. The van der Waals surface area contributed by atoms with Gasteiger partial charge < -0.3 is 5.11 Å². The fourth-order valence-electron chi connectivity index (χ4n) is 1.15. The minimum absolute atomic E-state index is 0.0451. The number of rotatable bonds is 4. The normalized spacial score (nSPS) is 13.1. The zero-order chi connectivity index (χ0) is 12.6. The number of aliphatic hydroxyl groups excluding tert-OH is 1. The van der Waals surface area contributed by atoms with Crippen LogP contribution >= 0.6 is 11.6 Å². The zero-order valence-corrected chi connectivity index (χ0v) is 10.8. The average molecular weight is 268 g/mol. The lowest BCUT2D eigenvalue weighted by molar-refractivity contribution is 0.208. The second-order valence-electron chi connectivity index (χ2n) is 4.07. The van der Waals surface area contributed by atoms with E-state index in [1.165, 1.54) is 13.2 Å². The van der Waals surface area contributed by atoms with Gasteiger partial charge in [-0.3, -0.25) is 4.68 Å². The Hall–Kier alpha value is -0.630. The van der Waals surface area contributed by atoms with Crippen molar-refractivity contribution in [2.45, 2.75) is 24.4 Å². The number of sulfonamides is 1. The number of hydrogen-bond acceptors (Lipinski definition) is 4. The average Bonchev–Trinajstić information content (AvgIpc) is 2.44. The lowest BCUT2D eigenvalue weighted by Gasteiger charge is -2.23. The first-order valence-corrected chi connectivity index (χ1v) is 6.38. The summed E-state index contributed by atoms with van der Waals surface area (Å²) in [5, 5.41) is 12.7. The summed E-state index contributed by atoms with van der Waals surface area (Å²) in [6.07, 6.45) is 1.25. The Labute approximate surface area is 99.3 Å². The molecule has 2 N–H and O–H groups in total. The maximum Gasteiger partial charge on any atom is 0.259 e. The number of nitrogens with one attached hydrogen (secondary N) is 1. The number of aryl methyl sites for hydroxylation is 1. The highest BCUT2D eigenvalue weighted by molar-refractivity contribution is 7.89. The zero-order valence-electron chi connectivity index (χ0n) is 9.23. The van der Waals surface area contributed by atoms with Gasteiger partial charge in [-0.05, 0) is 13.8 Å². The Morgan fingerprint density at radius 1 is 1.62 bits per heavy atom. The van der Waals surface area contributed by atoms with E-state index in [-0.39, 0.29) is 16.7 Å². The van der Waals surface area contributed by atoms with Crippen molar-refractivity contribution in [2.75, 3.05) is 6.61 Å². The predicted molar refractivity (Wildman–Crippen MR) is 59.7 cm³/mol. The maximum atomic E-state index is 11.9. The van der Waals surface area contributed by atoms with Gasteiger partial charge in [-0.1, -0.05) is 11.6 Å². The number of aliphatic hydroxyl groups is 1. The van der Waals surface area contributed by atoms with E-state index in [4.69, 9.17) is 16.7 Å². The largest absolute Gasteiger partial charge is 0.394 e. The molecule has 0 saturated heterocycles. The van der Waals surface area contributed by atoms with Crippen molar-refractivity contribution in [1.29, 1.82) is 0 Å². The number of halogens is 1. The van der Waals surface area contributed by atoms with Crippen LogP contribution in [0.1, 0.15) is 13.8 Å². The van der Waals surface area contributed by atoms with Crippen molar-refractivity contribution in [3.8, 4) is 0 Å². The number of nitrogens with zero attached hydrogens (tertiary/aromatic N) is 2. The van der Waals surface area contributed by atoms with Crippen LogP contribution in [0.5, 0.6) is 0 Å². The van der Waals surface area contributed by atoms with Crippen LogP contribution in [0.3, 0.4) is 0 Å². The quantitative estimate of drug-likeness (QED) is 0.812. The molecule has 0 radical (unpaired) electrons.